The van der Waals surface area contributed by atoms with Gasteiger partial charge in [-0.1, -0.05) is 30.3 Å². The number of piperidine rings is 1. The number of likely N-dealkylation sites (tertiary alicyclic amines) is 1. The zero-order valence-electron chi connectivity index (χ0n) is 11.7. The second-order valence-corrected chi connectivity index (χ2v) is 5.85. The Morgan fingerprint density at radius 1 is 1.35 bits per heavy atom. The van der Waals surface area contributed by atoms with Gasteiger partial charge in [0.05, 0.1) is 6.04 Å². The maximum atomic E-state index is 5.35. The number of nitrogens with one attached hydrogen (secondary N) is 1. The van der Waals surface area contributed by atoms with E-state index in [2.05, 4.69) is 50.0 Å². The largest absolute Gasteiger partial charge is 0.300 e. The summed E-state index contributed by atoms with van der Waals surface area (Å²) in [6.07, 6.45) is 2.39. The predicted octanol–water partition coefficient (Wildman–Crippen LogP) is 3.09. The van der Waals surface area contributed by atoms with Gasteiger partial charge in [0.15, 0.2) is 4.77 Å². The summed E-state index contributed by atoms with van der Waals surface area (Å²) in [6.45, 7) is 5.24. The van der Waals surface area contributed by atoms with Crippen LogP contribution in [-0.2, 0) is 6.54 Å². The molecule has 5 heteroatoms. The van der Waals surface area contributed by atoms with Crippen molar-refractivity contribution in [3.63, 3.8) is 0 Å². The number of aryl methyl sites for hydroxylation is 1. The number of hydrogen-bond donors (Lipinski definition) is 1. The van der Waals surface area contributed by atoms with Gasteiger partial charge >= 0.3 is 0 Å². The molecule has 0 saturated carbocycles. The van der Waals surface area contributed by atoms with Crippen molar-refractivity contribution in [3.8, 4) is 0 Å². The molecule has 1 aromatic heterocycles. The summed E-state index contributed by atoms with van der Waals surface area (Å²) in [5.41, 5.74) is 1.38. The maximum Gasteiger partial charge on any atom is 0.195 e. The highest BCUT2D eigenvalue weighted by Crippen LogP contribution is 2.24. The van der Waals surface area contributed by atoms with Gasteiger partial charge in [0.1, 0.15) is 5.82 Å². The Morgan fingerprint density at radius 2 is 2.15 bits per heavy atom. The number of aromatic nitrogens is 3. The molecule has 0 spiro atoms. The van der Waals surface area contributed by atoms with E-state index in [9.17, 15) is 0 Å². The molecule has 1 saturated heterocycles. The molecule has 1 aromatic carbocycles. The topological polar surface area (TPSA) is 36.9 Å². The highest BCUT2D eigenvalue weighted by Gasteiger charge is 2.23. The zero-order valence-corrected chi connectivity index (χ0v) is 12.6. The molecule has 1 aliphatic rings. The first-order valence-electron chi connectivity index (χ1n) is 7.14. The molecule has 106 valence electrons. The average molecular weight is 288 g/mol. The molecule has 3 rings (SSSR count). The van der Waals surface area contributed by atoms with E-state index in [0.29, 0.717) is 6.04 Å². The van der Waals surface area contributed by atoms with Crippen LogP contribution in [-0.4, -0.2) is 32.8 Å². The van der Waals surface area contributed by atoms with E-state index in [1.54, 1.807) is 0 Å². The Morgan fingerprint density at radius 3 is 2.85 bits per heavy atom. The molecule has 20 heavy (non-hydrogen) atoms. The van der Waals surface area contributed by atoms with Crippen molar-refractivity contribution < 1.29 is 0 Å². The highest BCUT2D eigenvalue weighted by atomic mass is 32.1. The van der Waals surface area contributed by atoms with E-state index < -0.39 is 0 Å². The van der Waals surface area contributed by atoms with Gasteiger partial charge < -0.3 is 0 Å². The number of benzene rings is 1. The van der Waals surface area contributed by atoms with E-state index in [1.165, 1.54) is 18.4 Å². The first kappa shape index (κ1) is 13.5. The first-order chi connectivity index (χ1) is 9.74. The standard InChI is InChI=1S/C15H20N4S/c1-12-16-17-15(20)19(12)14-8-5-9-18(11-14)10-13-6-3-2-4-7-13/h2-4,6-7,14H,5,8-11H2,1H3,(H,17,20). The molecule has 0 radical (unpaired) electrons. The van der Waals surface area contributed by atoms with Crippen LogP contribution >= 0.6 is 12.2 Å². The SMILES string of the molecule is Cc1n[nH]c(=S)n1C1CCCN(Cc2ccccc2)C1. The van der Waals surface area contributed by atoms with Crippen molar-refractivity contribution in [2.24, 2.45) is 0 Å². The number of H-pyrrole nitrogens is 1. The lowest BCUT2D eigenvalue weighted by Gasteiger charge is -2.33. The summed E-state index contributed by atoms with van der Waals surface area (Å²) in [5, 5.41) is 7.12. The van der Waals surface area contributed by atoms with Crippen LogP contribution in [0.5, 0.6) is 0 Å². The van der Waals surface area contributed by atoms with Crippen LogP contribution < -0.4 is 0 Å². The summed E-state index contributed by atoms with van der Waals surface area (Å²) in [6, 6.07) is 11.1. The molecule has 1 N–H and O–H groups in total. The van der Waals surface area contributed by atoms with Crippen LogP contribution in [0.4, 0.5) is 0 Å². The minimum atomic E-state index is 0.443. The lowest BCUT2D eigenvalue weighted by Crippen LogP contribution is -2.36. The second kappa shape index (κ2) is 5.89. The van der Waals surface area contributed by atoms with Crippen LogP contribution in [0.15, 0.2) is 30.3 Å². The third kappa shape index (κ3) is 2.83. The molecule has 0 amide bonds. The Labute approximate surface area is 124 Å². The summed E-state index contributed by atoms with van der Waals surface area (Å²) < 4.78 is 2.92. The van der Waals surface area contributed by atoms with Gasteiger partial charge in [-0.3, -0.25) is 14.6 Å². The van der Waals surface area contributed by atoms with E-state index in [4.69, 9.17) is 12.2 Å². The minimum Gasteiger partial charge on any atom is -0.300 e. The van der Waals surface area contributed by atoms with Crippen LogP contribution in [0.3, 0.4) is 0 Å². The quantitative estimate of drug-likeness (QED) is 0.882. The fourth-order valence-electron chi connectivity index (χ4n) is 3.04. The normalized spacial score (nSPS) is 20.1. The van der Waals surface area contributed by atoms with Gasteiger partial charge in [-0.15, -0.1) is 0 Å². The van der Waals surface area contributed by atoms with Gasteiger partial charge in [-0.2, -0.15) is 5.10 Å². The van der Waals surface area contributed by atoms with Crippen LogP contribution in [0, 0.1) is 11.7 Å². The minimum absolute atomic E-state index is 0.443. The van der Waals surface area contributed by atoms with Crippen molar-refractivity contribution in [2.45, 2.75) is 32.4 Å². The molecule has 2 heterocycles. The molecule has 0 aliphatic carbocycles. The monoisotopic (exact) mass is 288 g/mol. The molecular weight excluding hydrogens is 268 g/mol. The van der Waals surface area contributed by atoms with Gasteiger partial charge in [0.2, 0.25) is 0 Å². The predicted molar refractivity (Wildman–Crippen MR) is 82.1 cm³/mol. The number of nitrogens with zero attached hydrogens (tertiary/aromatic N) is 3. The van der Waals surface area contributed by atoms with Crippen LogP contribution in [0.25, 0.3) is 0 Å². The molecule has 1 unspecified atom stereocenters. The third-order valence-electron chi connectivity index (χ3n) is 3.98. The molecule has 0 bridgehead atoms. The maximum absolute atomic E-state index is 5.35. The summed E-state index contributed by atoms with van der Waals surface area (Å²) in [5.74, 6) is 0.988. The van der Waals surface area contributed by atoms with E-state index in [0.717, 1.165) is 30.2 Å². The zero-order chi connectivity index (χ0) is 13.9. The average Bonchev–Trinajstić information content (AvgIpc) is 2.80. The van der Waals surface area contributed by atoms with Crippen molar-refractivity contribution in [1.29, 1.82) is 0 Å². The summed E-state index contributed by atoms with van der Waals surface area (Å²) in [7, 11) is 0. The molecular formula is C15H20N4S. The Balaban J connectivity index is 1.72. The van der Waals surface area contributed by atoms with E-state index in [1.807, 2.05) is 6.92 Å². The van der Waals surface area contributed by atoms with Crippen LogP contribution in [0.1, 0.15) is 30.3 Å². The van der Waals surface area contributed by atoms with Crippen molar-refractivity contribution in [3.05, 3.63) is 46.5 Å². The van der Waals surface area contributed by atoms with Crippen LogP contribution in [0.2, 0.25) is 0 Å². The molecule has 4 nitrogen and oxygen atoms in total. The van der Waals surface area contributed by atoms with E-state index in [-0.39, 0.29) is 0 Å². The lowest BCUT2D eigenvalue weighted by molar-refractivity contribution is 0.168. The first-order valence-corrected chi connectivity index (χ1v) is 7.54. The van der Waals surface area contributed by atoms with Crippen molar-refractivity contribution >= 4 is 12.2 Å². The number of aromatic amines is 1. The van der Waals surface area contributed by atoms with Gasteiger partial charge in [0.25, 0.3) is 0 Å². The summed E-state index contributed by atoms with van der Waals surface area (Å²) >= 11 is 5.35. The lowest BCUT2D eigenvalue weighted by atomic mass is 10.0. The van der Waals surface area contributed by atoms with Crippen molar-refractivity contribution in [2.75, 3.05) is 13.1 Å². The molecule has 1 atom stereocenters. The molecule has 1 fully saturated rings. The Hall–Kier alpha value is -1.46. The van der Waals surface area contributed by atoms with Gasteiger partial charge in [-0.25, -0.2) is 0 Å². The number of hydrogen-bond acceptors (Lipinski definition) is 3. The molecule has 1 aliphatic heterocycles. The molecule has 2 aromatic rings. The van der Waals surface area contributed by atoms with Gasteiger partial charge in [0, 0.05) is 13.1 Å². The Kier molecular flexibility index (Phi) is 3.98. The fourth-order valence-corrected chi connectivity index (χ4v) is 3.37. The smallest absolute Gasteiger partial charge is 0.195 e. The fraction of sp³-hybridized carbons (Fsp3) is 0.467. The summed E-state index contributed by atoms with van der Waals surface area (Å²) in [4.78, 5) is 2.51. The third-order valence-corrected chi connectivity index (χ3v) is 4.26. The number of rotatable bonds is 3. The second-order valence-electron chi connectivity index (χ2n) is 5.46. The van der Waals surface area contributed by atoms with Gasteiger partial charge in [-0.05, 0) is 44.1 Å². The van der Waals surface area contributed by atoms with Crippen molar-refractivity contribution in [1.82, 2.24) is 19.7 Å². The van der Waals surface area contributed by atoms with E-state index >= 15 is 0 Å². The Bertz CT molecular complexity index is 616. The highest BCUT2D eigenvalue weighted by molar-refractivity contribution is 7.71.